The lowest BCUT2D eigenvalue weighted by Crippen LogP contribution is -2.54. The Morgan fingerprint density at radius 1 is 1.36 bits per heavy atom. The molecule has 0 saturated heterocycles. The summed E-state index contributed by atoms with van der Waals surface area (Å²) in [4.78, 5) is 1.43. The normalized spacial score (nSPS) is 22.8. The van der Waals surface area contributed by atoms with E-state index in [9.17, 15) is 0 Å². The Hall–Kier alpha value is -0.470. The van der Waals surface area contributed by atoms with E-state index in [2.05, 4.69) is 30.0 Å². The fraction of sp³-hybridized carbons (Fsp3) is 0.333. The molecule has 0 saturated carbocycles. The number of quaternary nitrogens is 1. The molecule has 0 aliphatic carbocycles. The zero-order valence-electron chi connectivity index (χ0n) is 6.42. The summed E-state index contributed by atoms with van der Waals surface area (Å²) in [5, 5.41) is 0. The zero-order valence-corrected chi connectivity index (χ0v) is 7.23. The van der Waals surface area contributed by atoms with Crippen molar-refractivity contribution in [3.05, 3.63) is 29.8 Å². The summed E-state index contributed by atoms with van der Waals surface area (Å²) in [6.45, 7) is 0. The first-order valence-electron chi connectivity index (χ1n) is 3.93. The number of fused-ring (bicyclic) bond motifs is 1. The third-order valence-corrected chi connectivity index (χ3v) is 3.21. The predicted octanol–water partition coefficient (Wildman–Crippen LogP) is 1.47. The van der Waals surface area contributed by atoms with Crippen molar-refractivity contribution in [2.75, 3.05) is 5.75 Å². The van der Waals surface area contributed by atoms with Crippen LogP contribution in [0.2, 0.25) is 0 Å². The lowest BCUT2D eigenvalue weighted by atomic mass is 10.1. The highest BCUT2D eigenvalue weighted by atomic mass is 32.2. The molecule has 1 aliphatic rings. The van der Waals surface area contributed by atoms with Crippen LogP contribution >= 0.6 is 11.8 Å². The molecule has 2 rings (SSSR count). The van der Waals surface area contributed by atoms with Crippen LogP contribution in [0.5, 0.6) is 0 Å². The molecule has 1 atom stereocenters. The summed E-state index contributed by atoms with van der Waals surface area (Å²) in [7, 11) is 0. The van der Waals surface area contributed by atoms with Gasteiger partial charge in [-0.25, -0.2) is 0 Å². The van der Waals surface area contributed by atoms with Crippen molar-refractivity contribution in [3.63, 3.8) is 0 Å². The number of hydrogen-bond donors (Lipinski definition) is 1. The Morgan fingerprint density at radius 2 is 2.18 bits per heavy atom. The van der Waals surface area contributed by atoms with Crippen LogP contribution < -0.4 is 5.73 Å². The van der Waals surface area contributed by atoms with Crippen LogP contribution in [0.4, 0.5) is 0 Å². The summed E-state index contributed by atoms with van der Waals surface area (Å²) in [6, 6.07) is 9.11. The molecule has 1 heterocycles. The smallest absolute Gasteiger partial charge is 0.112 e. The monoisotopic (exact) mass is 166 g/mol. The van der Waals surface area contributed by atoms with Crippen LogP contribution in [0, 0.1) is 0 Å². The topological polar surface area (TPSA) is 27.6 Å². The molecule has 0 fully saturated rings. The summed E-state index contributed by atoms with van der Waals surface area (Å²) in [6.07, 6.45) is 1.22. The largest absolute Gasteiger partial charge is 0.351 e. The molecule has 1 nitrogen and oxygen atoms in total. The van der Waals surface area contributed by atoms with Gasteiger partial charge < -0.3 is 5.73 Å². The molecular formula is C9H12NS+. The van der Waals surface area contributed by atoms with E-state index in [4.69, 9.17) is 0 Å². The first kappa shape index (κ1) is 7.19. The summed E-state index contributed by atoms with van der Waals surface area (Å²) < 4.78 is 0. The molecule has 1 aliphatic heterocycles. The highest BCUT2D eigenvalue weighted by Gasteiger charge is 2.18. The van der Waals surface area contributed by atoms with E-state index in [0.717, 1.165) is 0 Å². The van der Waals surface area contributed by atoms with E-state index in [1.807, 2.05) is 11.8 Å². The van der Waals surface area contributed by atoms with Crippen LogP contribution in [0.25, 0.3) is 0 Å². The molecule has 58 valence electrons. The highest BCUT2D eigenvalue weighted by Crippen LogP contribution is 2.33. The number of thioether (sulfide) groups is 1. The van der Waals surface area contributed by atoms with Crippen LogP contribution in [0.1, 0.15) is 18.0 Å². The van der Waals surface area contributed by atoms with Gasteiger partial charge in [-0.3, -0.25) is 0 Å². The quantitative estimate of drug-likeness (QED) is 0.621. The first-order chi connectivity index (χ1) is 5.38. The Balaban J connectivity index is 2.44. The molecule has 11 heavy (non-hydrogen) atoms. The maximum Gasteiger partial charge on any atom is 0.112 e. The molecule has 0 radical (unpaired) electrons. The SMILES string of the molecule is [NH3+][C@@H]1CCSc2ccccc21. The third kappa shape index (κ3) is 1.28. The van der Waals surface area contributed by atoms with Gasteiger partial charge in [-0.2, -0.15) is 0 Å². The Bertz CT molecular complexity index is 259. The van der Waals surface area contributed by atoms with Gasteiger partial charge in [-0.05, 0) is 6.07 Å². The van der Waals surface area contributed by atoms with Crippen molar-refractivity contribution < 1.29 is 5.73 Å². The molecule has 1 aromatic rings. The average Bonchev–Trinajstić information content (AvgIpc) is 2.06. The lowest BCUT2D eigenvalue weighted by Gasteiger charge is -2.18. The number of benzene rings is 1. The van der Waals surface area contributed by atoms with Crippen LogP contribution in [0.3, 0.4) is 0 Å². The van der Waals surface area contributed by atoms with Gasteiger partial charge in [0.2, 0.25) is 0 Å². The third-order valence-electron chi connectivity index (χ3n) is 2.08. The van der Waals surface area contributed by atoms with Crippen molar-refractivity contribution in [2.24, 2.45) is 0 Å². The maximum atomic E-state index is 4.13. The molecule has 3 N–H and O–H groups in total. The van der Waals surface area contributed by atoms with Crippen molar-refractivity contribution >= 4 is 11.8 Å². The van der Waals surface area contributed by atoms with E-state index in [-0.39, 0.29) is 0 Å². The van der Waals surface area contributed by atoms with Gasteiger partial charge >= 0.3 is 0 Å². The van der Waals surface area contributed by atoms with Crippen LogP contribution in [-0.2, 0) is 0 Å². The Morgan fingerprint density at radius 3 is 3.00 bits per heavy atom. The van der Waals surface area contributed by atoms with Crippen molar-refractivity contribution in [1.82, 2.24) is 0 Å². The van der Waals surface area contributed by atoms with Gasteiger partial charge in [0, 0.05) is 22.6 Å². The predicted molar refractivity (Wildman–Crippen MR) is 47.4 cm³/mol. The molecular weight excluding hydrogens is 154 g/mol. The summed E-state index contributed by atoms with van der Waals surface area (Å²) in [5.41, 5.74) is 5.56. The second-order valence-electron chi connectivity index (χ2n) is 2.87. The lowest BCUT2D eigenvalue weighted by molar-refractivity contribution is -0.427. The van der Waals surface area contributed by atoms with Gasteiger partial charge in [0.05, 0.1) is 0 Å². The minimum atomic E-state index is 0.521. The summed E-state index contributed by atoms with van der Waals surface area (Å²) >= 11 is 1.95. The van der Waals surface area contributed by atoms with Gasteiger partial charge in [0.1, 0.15) is 6.04 Å². The van der Waals surface area contributed by atoms with Gasteiger partial charge in [-0.1, -0.05) is 18.2 Å². The second-order valence-corrected chi connectivity index (χ2v) is 4.01. The van der Waals surface area contributed by atoms with Gasteiger partial charge in [0.25, 0.3) is 0 Å². The first-order valence-corrected chi connectivity index (χ1v) is 4.91. The maximum absolute atomic E-state index is 4.13. The van der Waals surface area contributed by atoms with E-state index >= 15 is 0 Å². The van der Waals surface area contributed by atoms with E-state index in [1.165, 1.54) is 22.6 Å². The standard InChI is InChI=1S/C9H11NS/c10-8-5-6-11-9-4-2-1-3-7(8)9/h1-4,8H,5-6,10H2/p+1/t8-/m1/s1. The minimum Gasteiger partial charge on any atom is -0.351 e. The average molecular weight is 166 g/mol. The van der Waals surface area contributed by atoms with E-state index in [0.29, 0.717) is 6.04 Å². The zero-order chi connectivity index (χ0) is 7.68. The van der Waals surface area contributed by atoms with Crippen LogP contribution in [-0.4, -0.2) is 5.75 Å². The molecule has 0 unspecified atom stereocenters. The molecule has 0 amide bonds. The molecule has 2 heteroatoms. The van der Waals surface area contributed by atoms with Crippen molar-refractivity contribution in [2.45, 2.75) is 17.4 Å². The van der Waals surface area contributed by atoms with Gasteiger partial charge in [-0.15, -0.1) is 11.8 Å². The van der Waals surface area contributed by atoms with Gasteiger partial charge in [0.15, 0.2) is 0 Å². The molecule has 0 aromatic heterocycles. The highest BCUT2D eigenvalue weighted by molar-refractivity contribution is 7.99. The molecule has 0 bridgehead atoms. The van der Waals surface area contributed by atoms with E-state index in [1.54, 1.807) is 0 Å². The van der Waals surface area contributed by atoms with E-state index < -0.39 is 0 Å². The second kappa shape index (κ2) is 2.88. The number of hydrogen-bond acceptors (Lipinski definition) is 1. The fourth-order valence-electron chi connectivity index (χ4n) is 1.42. The molecule has 1 aromatic carbocycles. The Kier molecular flexibility index (Phi) is 1.88. The number of rotatable bonds is 0. The van der Waals surface area contributed by atoms with Crippen LogP contribution in [0.15, 0.2) is 29.2 Å². The minimum absolute atomic E-state index is 0.521. The summed E-state index contributed by atoms with van der Waals surface area (Å²) in [5.74, 6) is 1.23. The molecule has 0 spiro atoms. The fourth-order valence-corrected chi connectivity index (χ4v) is 2.61. The van der Waals surface area contributed by atoms with Crippen molar-refractivity contribution in [1.29, 1.82) is 0 Å². The Labute approximate surface area is 71.0 Å². The van der Waals surface area contributed by atoms with Crippen molar-refractivity contribution in [3.8, 4) is 0 Å².